The van der Waals surface area contributed by atoms with Crippen molar-refractivity contribution in [3.8, 4) is 0 Å². The van der Waals surface area contributed by atoms with Gasteiger partial charge in [0.2, 0.25) is 5.95 Å². The molecule has 8 heteroatoms. The second kappa shape index (κ2) is 5.78. The first-order valence-corrected chi connectivity index (χ1v) is 6.50. The van der Waals surface area contributed by atoms with Crippen molar-refractivity contribution in [2.45, 2.75) is 26.3 Å². The van der Waals surface area contributed by atoms with Crippen LogP contribution in [-0.4, -0.2) is 32.0 Å². The van der Waals surface area contributed by atoms with Gasteiger partial charge in [0, 0.05) is 12.1 Å². The van der Waals surface area contributed by atoms with Gasteiger partial charge in [0.1, 0.15) is 6.04 Å². The topological polar surface area (TPSA) is 121 Å². The van der Waals surface area contributed by atoms with Crippen molar-refractivity contribution < 1.29 is 14.8 Å². The zero-order valence-electron chi connectivity index (χ0n) is 11.7. The predicted octanol–water partition coefficient (Wildman–Crippen LogP) is 2.38. The van der Waals surface area contributed by atoms with Gasteiger partial charge in [-0.05, 0) is 18.4 Å². The number of nitro groups is 1. The molecule has 0 saturated heterocycles. The molecule has 1 aromatic carbocycles. The Morgan fingerprint density at radius 3 is 2.81 bits per heavy atom. The minimum absolute atomic E-state index is 0.0466. The highest BCUT2D eigenvalue weighted by atomic mass is 16.6. The van der Waals surface area contributed by atoms with E-state index in [9.17, 15) is 20.0 Å². The number of nitrogens with one attached hydrogen (secondary N) is 2. The first-order valence-electron chi connectivity index (χ1n) is 6.50. The molecule has 1 heterocycles. The summed E-state index contributed by atoms with van der Waals surface area (Å²) in [6.07, 6.45) is 0.451. The lowest BCUT2D eigenvalue weighted by Crippen LogP contribution is -2.31. The Morgan fingerprint density at radius 1 is 1.52 bits per heavy atom. The van der Waals surface area contributed by atoms with Gasteiger partial charge in [0.15, 0.2) is 0 Å². The van der Waals surface area contributed by atoms with Crippen molar-refractivity contribution in [2.75, 3.05) is 5.32 Å². The summed E-state index contributed by atoms with van der Waals surface area (Å²) in [5.41, 5.74) is 0.979. The number of hydrogen-bond acceptors (Lipinski definition) is 5. The molecule has 112 valence electrons. The van der Waals surface area contributed by atoms with Gasteiger partial charge in [-0.2, -0.15) is 0 Å². The standard InChI is InChI=1S/C13H16N4O4/c1-7(2)5-11(12(18)19)16-13-14-9-4-3-8(17(20)21)6-10(9)15-13/h3-4,6-7,11H,5H2,1-2H3,(H,18,19)(H2,14,15,16)/t11-/m0/s1. The Kier molecular flexibility index (Phi) is 4.06. The van der Waals surface area contributed by atoms with Gasteiger partial charge in [-0.3, -0.25) is 10.1 Å². The average molecular weight is 292 g/mol. The predicted molar refractivity (Wildman–Crippen MR) is 77.2 cm³/mol. The minimum Gasteiger partial charge on any atom is -0.480 e. The fourth-order valence-corrected chi connectivity index (χ4v) is 2.04. The maximum Gasteiger partial charge on any atom is 0.326 e. The summed E-state index contributed by atoms with van der Waals surface area (Å²) in [7, 11) is 0. The number of aromatic amines is 1. The van der Waals surface area contributed by atoms with Gasteiger partial charge in [0.05, 0.1) is 16.0 Å². The molecule has 8 nitrogen and oxygen atoms in total. The zero-order valence-corrected chi connectivity index (χ0v) is 11.7. The molecule has 1 aromatic heterocycles. The molecule has 3 N–H and O–H groups in total. The maximum atomic E-state index is 11.2. The van der Waals surface area contributed by atoms with E-state index in [0.717, 1.165) is 0 Å². The molecule has 2 rings (SSSR count). The second-order valence-electron chi connectivity index (χ2n) is 5.21. The van der Waals surface area contributed by atoms with Crippen molar-refractivity contribution in [3.63, 3.8) is 0 Å². The van der Waals surface area contributed by atoms with E-state index in [1.165, 1.54) is 18.2 Å². The summed E-state index contributed by atoms with van der Waals surface area (Å²) in [6, 6.07) is 3.48. The summed E-state index contributed by atoms with van der Waals surface area (Å²) in [6.45, 7) is 3.86. The molecule has 0 aliphatic rings. The van der Waals surface area contributed by atoms with Crippen molar-refractivity contribution in [1.29, 1.82) is 0 Å². The zero-order chi connectivity index (χ0) is 15.6. The molecule has 0 amide bonds. The van der Waals surface area contributed by atoms with Gasteiger partial charge in [-0.25, -0.2) is 9.78 Å². The first-order chi connectivity index (χ1) is 9.86. The van der Waals surface area contributed by atoms with Crippen molar-refractivity contribution in [2.24, 2.45) is 5.92 Å². The number of H-pyrrole nitrogens is 1. The average Bonchev–Trinajstić information content (AvgIpc) is 2.78. The van der Waals surface area contributed by atoms with Crippen molar-refractivity contribution in [3.05, 3.63) is 28.3 Å². The van der Waals surface area contributed by atoms with Crippen LogP contribution >= 0.6 is 0 Å². The summed E-state index contributed by atoms with van der Waals surface area (Å²) >= 11 is 0. The quantitative estimate of drug-likeness (QED) is 0.555. The van der Waals surface area contributed by atoms with Crippen LogP contribution in [0, 0.1) is 16.0 Å². The maximum absolute atomic E-state index is 11.2. The number of nitro benzene ring substituents is 1. The number of nitrogens with zero attached hydrogens (tertiary/aromatic N) is 2. The normalized spacial score (nSPS) is 12.5. The number of carbonyl (C=O) groups is 1. The van der Waals surface area contributed by atoms with Crippen LogP contribution < -0.4 is 5.32 Å². The molecule has 0 spiro atoms. The van der Waals surface area contributed by atoms with E-state index >= 15 is 0 Å². The summed E-state index contributed by atoms with van der Waals surface area (Å²) in [5, 5.41) is 22.7. The molecular formula is C13H16N4O4. The fourth-order valence-electron chi connectivity index (χ4n) is 2.04. The lowest BCUT2D eigenvalue weighted by molar-refractivity contribution is -0.384. The number of carboxylic acids is 1. The summed E-state index contributed by atoms with van der Waals surface area (Å²) < 4.78 is 0. The highest BCUT2D eigenvalue weighted by molar-refractivity contribution is 5.81. The Morgan fingerprint density at radius 2 is 2.24 bits per heavy atom. The lowest BCUT2D eigenvalue weighted by Gasteiger charge is -2.15. The van der Waals surface area contributed by atoms with Gasteiger partial charge in [-0.15, -0.1) is 0 Å². The van der Waals surface area contributed by atoms with E-state index < -0.39 is 16.9 Å². The van der Waals surface area contributed by atoms with Crippen LogP contribution in [0.4, 0.5) is 11.6 Å². The molecule has 0 bridgehead atoms. The van der Waals surface area contributed by atoms with E-state index in [4.69, 9.17) is 0 Å². The van der Waals surface area contributed by atoms with Crippen LogP contribution in [-0.2, 0) is 4.79 Å². The number of anilines is 1. The number of carboxylic acid groups (broad SMARTS) is 1. The van der Waals surface area contributed by atoms with Crippen LogP contribution in [0.3, 0.4) is 0 Å². The molecule has 0 radical (unpaired) electrons. The van der Waals surface area contributed by atoms with Gasteiger partial charge in [-0.1, -0.05) is 13.8 Å². The fraction of sp³-hybridized carbons (Fsp3) is 0.385. The van der Waals surface area contributed by atoms with Gasteiger partial charge < -0.3 is 15.4 Å². The molecule has 0 fully saturated rings. The van der Waals surface area contributed by atoms with E-state index in [2.05, 4.69) is 15.3 Å². The van der Waals surface area contributed by atoms with Crippen LogP contribution in [0.25, 0.3) is 11.0 Å². The number of rotatable bonds is 6. The number of fused-ring (bicyclic) bond motifs is 1. The molecule has 0 aliphatic heterocycles. The van der Waals surface area contributed by atoms with Crippen molar-refractivity contribution >= 4 is 28.6 Å². The van der Waals surface area contributed by atoms with Crippen LogP contribution in [0.1, 0.15) is 20.3 Å². The van der Waals surface area contributed by atoms with Gasteiger partial charge >= 0.3 is 5.97 Å². The number of non-ortho nitro benzene ring substituents is 1. The number of aliphatic carboxylic acids is 1. The largest absolute Gasteiger partial charge is 0.480 e. The van der Waals surface area contributed by atoms with Crippen LogP contribution in [0.5, 0.6) is 0 Å². The number of aromatic nitrogens is 2. The number of benzene rings is 1. The van der Waals surface area contributed by atoms with E-state index in [1.807, 2.05) is 13.8 Å². The number of imidazole rings is 1. The highest BCUT2D eigenvalue weighted by Crippen LogP contribution is 2.21. The van der Waals surface area contributed by atoms with Crippen molar-refractivity contribution in [1.82, 2.24) is 9.97 Å². The molecule has 2 aromatic rings. The molecule has 0 unspecified atom stereocenters. The lowest BCUT2D eigenvalue weighted by atomic mass is 10.0. The monoisotopic (exact) mass is 292 g/mol. The Balaban J connectivity index is 2.25. The third kappa shape index (κ3) is 3.47. The Bertz CT molecular complexity index is 680. The molecule has 0 aliphatic carbocycles. The summed E-state index contributed by atoms with van der Waals surface area (Å²) in [5.74, 6) is -0.460. The molecule has 0 saturated carbocycles. The molecule has 21 heavy (non-hydrogen) atoms. The third-order valence-corrected chi connectivity index (χ3v) is 2.99. The number of hydrogen-bond donors (Lipinski definition) is 3. The highest BCUT2D eigenvalue weighted by Gasteiger charge is 2.20. The van der Waals surface area contributed by atoms with E-state index in [-0.39, 0.29) is 11.6 Å². The SMILES string of the molecule is CC(C)C[C@H](Nc1nc2ccc([N+](=O)[O-])cc2[nH]1)C(=O)O. The minimum atomic E-state index is -0.963. The summed E-state index contributed by atoms with van der Waals surface area (Å²) in [4.78, 5) is 28.5. The second-order valence-corrected chi connectivity index (χ2v) is 5.21. The smallest absolute Gasteiger partial charge is 0.326 e. The van der Waals surface area contributed by atoms with E-state index in [0.29, 0.717) is 23.4 Å². The third-order valence-electron chi connectivity index (χ3n) is 2.99. The van der Waals surface area contributed by atoms with Crippen LogP contribution in [0.2, 0.25) is 0 Å². The first kappa shape index (κ1) is 14.8. The molecule has 1 atom stereocenters. The Labute approximate surface area is 120 Å². The van der Waals surface area contributed by atoms with Crippen LogP contribution in [0.15, 0.2) is 18.2 Å². The van der Waals surface area contributed by atoms with Gasteiger partial charge in [0.25, 0.3) is 5.69 Å². The molecular weight excluding hydrogens is 276 g/mol. The van der Waals surface area contributed by atoms with E-state index in [1.54, 1.807) is 0 Å². The Hall–Kier alpha value is -2.64.